The zero-order chi connectivity index (χ0) is 6.69. The number of nitrogens with zero attached hydrogens (tertiary/aromatic N) is 1. The number of carboxylic acid groups (broad SMARTS) is 1. The van der Waals surface area contributed by atoms with Gasteiger partial charge >= 0.3 is 6.09 Å². The van der Waals surface area contributed by atoms with E-state index in [1.807, 2.05) is 0 Å². The van der Waals surface area contributed by atoms with E-state index in [0.29, 0.717) is 0 Å². The SMILES string of the molecule is O=C(O)N1CCCCC1.[Ar]. The van der Waals surface area contributed by atoms with Crippen LogP contribution >= 0.6 is 0 Å². The summed E-state index contributed by atoms with van der Waals surface area (Å²) in [5.74, 6) is 0. The Morgan fingerprint density at radius 3 is 2.00 bits per heavy atom. The molecule has 0 aromatic carbocycles. The predicted molar refractivity (Wildman–Crippen MR) is 33.4 cm³/mol. The van der Waals surface area contributed by atoms with Crippen LogP contribution < -0.4 is 0 Å². The first-order valence-electron chi connectivity index (χ1n) is 3.28. The molecule has 1 aliphatic heterocycles. The van der Waals surface area contributed by atoms with Crippen molar-refractivity contribution in [2.75, 3.05) is 13.1 Å². The van der Waals surface area contributed by atoms with Crippen molar-refractivity contribution >= 4 is 6.09 Å². The zero-order valence-corrected chi connectivity index (χ0v) is 6.40. The molecule has 0 aromatic rings. The van der Waals surface area contributed by atoms with Crippen molar-refractivity contribution in [2.45, 2.75) is 19.3 Å². The Hall–Kier alpha value is 0.530. The molecule has 0 unspecified atom stereocenters. The summed E-state index contributed by atoms with van der Waals surface area (Å²) in [7, 11) is 0. The summed E-state index contributed by atoms with van der Waals surface area (Å²) in [6.07, 6.45) is 2.48. The minimum absolute atomic E-state index is 0. The van der Waals surface area contributed by atoms with Crippen molar-refractivity contribution in [3.8, 4) is 0 Å². The van der Waals surface area contributed by atoms with Gasteiger partial charge in [0.25, 0.3) is 0 Å². The molecule has 1 heterocycles. The molecule has 0 radical (unpaired) electrons. The van der Waals surface area contributed by atoms with Crippen molar-refractivity contribution in [1.82, 2.24) is 4.90 Å². The minimum atomic E-state index is -0.769. The first-order valence-corrected chi connectivity index (χ1v) is 3.28. The Balaban J connectivity index is 0.000000810. The normalized spacial score (nSPS) is 17.8. The molecule has 10 heavy (non-hydrogen) atoms. The Labute approximate surface area is 90.4 Å². The van der Waals surface area contributed by atoms with Gasteiger partial charge in [-0.1, -0.05) is 0 Å². The summed E-state index contributed by atoms with van der Waals surface area (Å²) in [6.45, 7) is 1.46. The maximum Gasteiger partial charge on any atom is 0.407 e. The van der Waals surface area contributed by atoms with Crippen LogP contribution in [0, 0.1) is 37.7 Å². The van der Waals surface area contributed by atoms with Gasteiger partial charge in [-0.25, -0.2) is 4.79 Å². The Kier molecular flexibility index (Phi) is 5.49. The first-order chi connectivity index (χ1) is 4.30. The number of piperidine rings is 1. The molecule has 1 amide bonds. The Morgan fingerprint density at radius 2 is 1.70 bits per heavy atom. The third-order valence-corrected chi connectivity index (χ3v) is 1.63. The van der Waals surface area contributed by atoms with Gasteiger partial charge in [-0.15, -0.1) is 0 Å². The summed E-state index contributed by atoms with van der Waals surface area (Å²) in [5.41, 5.74) is 0. The quantitative estimate of drug-likeness (QED) is 0.590. The van der Waals surface area contributed by atoms with Gasteiger partial charge in [0, 0.05) is 50.8 Å². The first kappa shape index (κ1) is 10.5. The standard InChI is InChI=1S/C6H11NO2.Ar/c8-6(9)7-4-2-1-3-5-7;/h1-5H2,(H,8,9);. The number of hydrogen-bond acceptors (Lipinski definition) is 1. The van der Waals surface area contributed by atoms with E-state index < -0.39 is 6.09 Å². The number of amides is 1. The number of rotatable bonds is 0. The summed E-state index contributed by atoms with van der Waals surface area (Å²) in [5, 5.41) is 8.46. The molecular weight excluding hydrogens is 158 g/mol. The molecule has 60 valence electrons. The topological polar surface area (TPSA) is 40.5 Å². The summed E-state index contributed by atoms with van der Waals surface area (Å²) in [6, 6.07) is 0. The average Bonchev–Trinajstić information content (AvgIpc) is 1.90. The fourth-order valence-corrected chi connectivity index (χ4v) is 1.09. The molecule has 0 bridgehead atoms. The number of likely N-dealkylation sites (tertiary alicyclic amines) is 1. The van der Waals surface area contributed by atoms with Crippen molar-refractivity contribution in [2.24, 2.45) is 0 Å². The van der Waals surface area contributed by atoms with E-state index in [9.17, 15) is 4.79 Å². The van der Waals surface area contributed by atoms with Gasteiger partial charge in [-0.3, -0.25) is 0 Å². The summed E-state index contributed by atoms with van der Waals surface area (Å²) in [4.78, 5) is 11.8. The van der Waals surface area contributed by atoms with E-state index in [4.69, 9.17) is 5.11 Å². The molecule has 0 atom stereocenters. The van der Waals surface area contributed by atoms with Gasteiger partial charge in [0.05, 0.1) is 0 Å². The maximum absolute atomic E-state index is 10.3. The van der Waals surface area contributed by atoms with Crippen molar-refractivity contribution in [1.29, 1.82) is 0 Å². The largest absolute Gasteiger partial charge is 0.465 e. The molecule has 0 aliphatic carbocycles. The maximum atomic E-state index is 10.3. The molecule has 0 saturated carbocycles. The van der Waals surface area contributed by atoms with Crippen molar-refractivity contribution in [3.63, 3.8) is 0 Å². The van der Waals surface area contributed by atoms with Crippen LogP contribution in [0.15, 0.2) is 0 Å². The van der Waals surface area contributed by atoms with Gasteiger partial charge in [0.15, 0.2) is 0 Å². The van der Waals surface area contributed by atoms with Crippen LogP contribution in [-0.4, -0.2) is 29.2 Å². The van der Waals surface area contributed by atoms with E-state index >= 15 is 0 Å². The molecule has 0 aromatic heterocycles. The van der Waals surface area contributed by atoms with Crippen molar-refractivity contribution < 1.29 is 47.6 Å². The molecule has 1 saturated heterocycles. The molecule has 1 fully saturated rings. The van der Waals surface area contributed by atoms with Crippen molar-refractivity contribution in [3.05, 3.63) is 0 Å². The van der Waals surface area contributed by atoms with E-state index in [1.165, 1.54) is 11.3 Å². The molecule has 1 rings (SSSR count). The van der Waals surface area contributed by atoms with E-state index in [-0.39, 0.29) is 37.7 Å². The van der Waals surface area contributed by atoms with Crippen LogP contribution in [0.4, 0.5) is 4.79 Å². The van der Waals surface area contributed by atoms with E-state index in [1.54, 1.807) is 0 Å². The second kappa shape index (κ2) is 5.22. The van der Waals surface area contributed by atoms with E-state index in [2.05, 4.69) is 0 Å². The van der Waals surface area contributed by atoms with Gasteiger partial charge in [-0.2, -0.15) is 0 Å². The fourth-order valence-electron chi connectivity index (χ4n) is 1.09. The predicted octanol–water partition coefficient (Wildman–Crippen LogP) is 1.15. The van der Waals surface area contributed by atoms with Crippen LogP contribution in [0.25, 0.3) is 0 Å². The average molecular weight is 169 g/mol. The molecule has 4 heteroatoms. The summed E-state index contributed by atoms with van der Waals surface area (Å²) < 4.78 is 0. The Bertz CT molecular complexity index is 112. The van der Waals surface area contributed by atoms with Crippen LogP contribution in [0.5, 0.6) is 0 Å². The third kappa shape index (κ3) is 3.08. The molecule has 3 nitrogen and oxygen atoms in total. The van der Waals surface area contributed by atoms with Crippen LogP contribution in [0.3, 0.4) is 0 Å². The second-order valence-electron chi connectivity index (χ2n) is 2.33. The smallest absolute Gasteiger partial charge is 0.407 e. The minimum Gasteiger partial charge on any atom is -0.465 e. The molecule has 0 spiro atoms. The second-order valence-corrected chi connectivity index (χ2v) is 2.33. The van der Waals surface area contributed by atoms with Gasteiger partial charge in [0.1, 0.15) is 0 Å². The van der Waals surface area contributed by atoms with Crippen LogP contribution in [0.2, 0.25) is 0 Å². The third-order valence-electron chi connectivity index (χ3n) is 1.63. The van der Waals surface area contributed by atoms with Gasteiger partial charge in [0.2, 0.25) is 0 Å². The zero-order valence-electron chi connectivity index (χ0n) is 5.69. The Morgan fingerprint density at radius 1 is 1.20 bits per heavy atom. The van der Waals surface area contributed by atoms with Gasteiger partial charge in [-0.05, 0) is 19.3 Å². The fraction of sp³-hybridized carbons (Fsp3) is 0.833. The summed E-state index contributed by atoms with van der Waals surface area (Å²) >= 11 is 0. The molecule has 1 aliphatic rings. The van der Waals surface area contributed by atoms with Gasteiger partial charge < -0.3 is 10.0 Å². The number of hydrogen-bond donors (Lipinski definition) is 1. The molecule has 1 N–H and O–H groups in total. The van der Waals surface area contributed by atoms with Crippen LogP contribution in [-0.2, 0) is 0 Å². The number of carbonyl (C=O) groups is 1. The van der Waals surface area contributed by atoms with E-state index in [0.717, 1.165) is 25.9 Å². The van der Waals surface area contributed by atoms with Crippen LogP contribution in [0.1, 0.15) is 19.3 Å². The molecular formula is C6H11ArNO2. The monoisotopic (exact) mass is 169 g/mol.